The molecule has 11 aromatic rings. The van der Waals surface area contributed by atoms with Crippen molar-refractivity contribution >= 4 is 33.0 Å². The number of aromatic nitrogens is 4. The number of benzene rings is 8. The molecule has 0 bridgehead atoms. The van der Waals surface area contributed by atoms with Crippen molar-refractivity contribution < 1.29 is 4.42 Å². The second-order valence-corrected chi connectivity index (χ2v) is 14.6. The lowest BCUT2D eigenvalue weighted by atomic mass is 9.95. The molecule has 0 saturated carbocycles. The van der Waals surface area contributed by atoms with Gasteiger partial charge in [-0.2, -0.15) is 4.98 Å². The molecule has 0 saturated heterocycles. The van der Waals surface area contributed by atoms with Gasteiger partial charge in [0.2, 0.25) is 5.71 Å². The molecule has 3 aromatic heterocycles. The summed E-state index contributed by atoms with van der Waals surface area (Å²) in [6, 6.07) is 71.2. The molecule has 11 rings (SSSR count). The maximum Gasteiger partial charge on any atom is 0.231 e. The molecule has 8 aromatic carbocycles. The lowest BCUT2D eigenvalue weighted by Crippen LogP contribution is -1.95. The van der Waals surface area contributed by atoms with Gasteiger partial charge in [0.25, 0.3) is 0 Å². The Kier molecular flexibility index (Phi) is 8.41. The Labute approximate surface area is 341 Å². The third-order valence-electron chi connectivity index (χ3n) is 10.9. The summed E-state index contributed by atoms with van der Waals surface area (Å²) in [6.45, 7) is 0. The molecule has 0 radical (unpaired) electrons. The molecule has 0 atom stereocenters. The van der Waals surface area contributed by atoms with E-state index in [9.17, 15) is 0 Å². The zero-order valence-corrected chi connectivity index (χ0v) is 31.8. The van der Waals surface area contributed by atoms with E-state index in [1.807, 2.05) is 66.7 Å². The van der Waals surface area contributed by atoms with Crippen LogP contribution < -0.4 is 0 Å². The Morgan fingerprint density at radius 1 is 0.288 bits per heavy atom. The quantitative estimate of drug-likeness (QED) is 0.162. The minimum Gasteiger partial charge on any atom is -0.438 e. The number of nitrogens with zero attached hydrogens (tertiary/aromatic N) is 4. The van der Waals surface area contributed by atoms with Crippen molar-refractivity contribution in [2.45, 2.75) is 0 Å². The Hall–Kier alpha value is -8.02. The SMILES string of the molecule is c1ccc(-c2nc(-c3cccc(-c4cccc(-c5cccc(-c6cccc(-c7nc(-c8ccccc8)c8c(n7)oc7ccccc78)c6)c5)c4)c3)nc3ccccc23)cc1. The molecule has 0 unspecified atom stereocenters. The number of para-hydroxylation sites is 2. The van der Waals surface area contributed by atoms with Gasteiger partial charge < -0.3 is 4.42 Å². The van der Waals surface area contributed by atoms with Crippen molar-refractivity contribution in [2.24, 2.45) is 0 Å². The smallest absolute Gasteiger partial charge is 0.231 e. The first kappa shape index (κ1) is 34.2. The molecular weight excluding hydrogens is 721 g/mol. The number of rotatable bonds is 7. The van der Waals surface area contributed by atoms with E-state index in [4.69, 9.17) is 24.4 Å². The minimum atomic E-state index is 0.578. The normalized spacial score (nSPS) is 11.4. The van der Waals surface area contributed by atoms with Gasteiger partial charge in [-0.3, -0.25) is 0 Å². The summed E-state index contributed by atoms with van der Waals surface area (Å²) < 4.78 is 6.31. The van der Waals surface area contributed by atoms with Crippen LogP contribution in [0.5, 0.6) is 0 Å². The van der Waals surface area contributed by atoms with Gasteiger partial charge >= 0.3 is 0 Å². The van der Waals surface area contributed by atoms with E-state index in [0.717, 1.165) is 94.3 Å². The van der Waals surface area contributed by atoms with Crippen LogP contribution in [-0.4, -0.2) is 19.9 Å². The highest BCUT2D eigenvalue weighted by atomic mass is 16.3. The fraction of sp³-hybridized carbons (Fsp3) is 0. The molecule has 0 aliphatic rings. The summed E-state index contributed by atoms with van der Waals surface area (Å²) in [5.41, 5.74) is 14.7. The highest BCUT2D eigenvalue weighted by Gasteiger charge is 2.19. The largest absolute Gasteiger partial charge is 0.438 e. The van der Waals surface area contributed by atoms with E-state index in [1.165, 1.54) is 0 Å². The fourth-order valence-electron chi connectivity index (χ4n) is 8.01. The van der Waals surface area contributed by atoms with Crippen molar-refractivity contribution in [3.05, 3.63) is 206 Å². The molecule has 0 N–H and O–H groups in total. The number of hydrogen-bond donors (Lipinski definition) is 0. The molecule has 5 nitrogen and oxygen atoms in total. The molecule has 0 spiro atoms. The van der Waals surface area contributed by atoms with E-state index >= 15 is 0 Å². The van der Waals surface area contributed by atoms with Crippen LogP contribution in [0.25, 0.3) is 112 Å². The van der Waals surface area contributed by atoms with Crippen molar-refractivity contribution in [3.8, 4) is 78.7 Å². The molecule has 59 heavy (non-hydrogen) atoms. The summed E-state index contributed by atoms with van der Waals surface area (Å²) in [5, 5.41) is 2.97. The van der Waals surface area contributed by atoms with Gasteiger partial charge in [0.15, 0.2) is 11.6 Å². The third kappa shape index (κ3) is 6.41. The molecule has 5 heteroatoms. The molecular formula is C54H34N4O. The third-order valence-corrected chi connectivity index (χ3v) is 10.9. The van der Waals surface area contributed by atoms with Crippen molar-refractivity contribution in [2.75, 3.05) is 0 Å². The average molecular weight is 755 g/mol. The summed E-state index contributed by atoms with van der Waals surface area (Å²) in [6.07, 6.45) is 0. The predicted octanol–water partition coefficient (Wildman–Crippen LogP) is 14.0. The Bertz CT molecular complexity index is 3340. The van der Waals surface area contributed by atoms with Crippen LogP contribution in [0.15, 0.2) is 211 Å². The predicted molar refractivity (Wildman–Crippen MR) is 240 cm³/mol. The number of fused-ring (bicyclic) bond motifs is 4. The highest BCUT2D eigenvalue weighted by Crippen LogP contribution is 2.38. The van der Waals surface area contributed by atoms with Crippen molar-refractivity contribution in [1.82, 2.24) is 19.9 Å². The van der Waals surface area contributed by atoms with Crippen LogP contribution in [0.1, 0.15) is 0 Å². The lowest BCUT2D eigenvalue weighted by molar-refractivity contribution is 0.653. The Morgan fingerprint density at radius 2 is 0.695 bits per heavy atom. The maximum atomic E-state index is 6.31. The molecule has 0 aliphatic heterocycles. The first-order chi connectivity index (χ1) is 29.2. The molecule has 0 amide bonds. The van der Waals surface area contributed by atoms with Gasteiger partial charge in [-0.25, -0.2) is 15.0 Å². The standard InChI is InChI=1S/C54H34N4O/c1-3-15-35(16-4-1)50-45-27-7-9-29-47(45)55-52(56-50)43-25-13-23-41(33-43)39-21-11-19-37(31-39)38-20-12-22-40(32-38)42-24-14-26-44(34-42)53-57-51(36-17-5-2-6-18-36)49-46-28-8-10-30-48(46)59-54(49)58-53/h1-34H. The van der Waals surface area contributed by atoms with Gasteiger partial charge in [0.05, 0.1) is 22.3 Å². The molecule has 276 valence electrons. The van der Waals surface area contributed by atoms with Gasteiger partial charge in [-0.15, -0.1) is 0 Å². The topological polar surface area (TPSA) is 64.7 Å². The van der Waals surface area contributed by atoms with Crippen LogP contribution in [0.3, 0.4) is 0 Å². The van der Waals surface area contributed by atoms with Gasteiger partial charge in [-0.05, 0) is 69.8 Å². The van der Waals surface area contributed by atoms with Crippen molar-refractivity contribution in [1.29, 1.82) is 0 Å². The summed E-state index contributed by atoms with van der Waals surface area (Å²) in [4.78, 5) is 20.3. The van der Waals surface area contributed by atoms with Crippen LogP contribution in [0.2, 0.25) is 0 Å². The summed E-state index contributed by atoms with van der Waals surface area (Å²) in [7, 11) is 0. The van der Waals surface area contributed by atoms with Crippen LogP contribution in [0, 0.1) is 0 Å². The van der Waals surface area contributed by atoms with Crippen LogP contribution >= 0.6 is 0 Å². The van der Waals surface area contributed by atoms with Gasteiger partial charge in [0, 0.05) is 33.0 Å². The van der Waals surface area contributed by atoms with E-state index in [0.29, 0.717) is 17.4 Å². The Balaban J connectivity index is 0.934. The minimum absolute atomic E-state index is 0.578. The Morgan fingerprint density at radius 3 is 1.27 bits per heavy atom. The molecule has 0 aliphatic carbocycles. The lowest BCUT2D eigenvalue weighted by Gasteiger charge is -2.12. The summed E-state index contributed by atoms with van der Waals surface area (Å²) >= 11 is 0. The molecule has 0 fully saturated rings. The second kappa shape index (κ2) is 14.5. The fourth-order valence-corrected chi connectivity index (χ4v) is 8.01. The first-order valence-electron chi connectivity index (χ1n) is 19.7. The average Bonchev–Trinajstić information content (AvgIpc) is 3.70. The first-order valence-corrected chi connectivity index (χ1v) is 19.7. The van der Waals surface area contributed by atoms with Gasteiger partial charge in [-0.1, -0.05) is 170 Å². The zero-order valence-electron chi connectivity index (χ0n) is 31.8. The van der Waals surface area contributed by atoms with E-state index in [1.54, 1.807) is 0 Å². The van der Waals surface area contributed by atoms with E-state index < -0.39 is 0 Å². The molecule has 3 heterocycles. The summed E-state index contributed by atoms with van der Waals surface area (Å²) in [5.74, 6) is 1.32. The van der Waals surface area contributed by atoms with Crippen molar-refractivity contribution in [3.63, 3.8) is 0 Å². The van der Waals surface area contributed by atoms with E-state index in [2.05, 4.69) is 140 Å². The number of furan rings is 1. The monoisotopic (exact) mass is 754 g/mol. The van der Waals surface area contributed by atoms with E-state index in [-0.39, 0.29) is 0 Å². The number of hydrogen-bond acceptors (Lipinski definition) is 5. The van der Waals surface area contributed by atoms with Gasteiger partial charge in [0.1, 0.15) is 5.58 Å². The van der Waals surface area contributed by atoms with Crippen LogP contribution in [-0.2, 0) is 0 Å². The van der Waals surface area contributed by atoms with Crippen LogP contribution in [0.4, 0.5) is 0 Å². The maximum absolute atomic E-state index is 6.31. The second-order valence-electron chi connectivity index (χ2n) is 14.6. The zero-order chi connectivity index (χ0) is 39.1. The highest BCUT2D eigenvalue weighted by molar-refractivity contribution is 6.10.